The van der Waals surface area contributed by atoms with E-state index in [4.69, 9.17) is 0 Å². The molecule has 0 N–H and O–H groups in total. The summed E-state index contributed by atoms with van der Waals surface area (Å²) >= 11 is 0. The van der Waals surface area contributed by atoms with E-state index in [1.807, 2.05) is 0 Å². The Bertz CT molecular complexity index is 367. The van der Waals surface area contributed by atoms with Gasteiger partial charge in [-0.15, -0.1) is 0 Å². The Hall–Kier alpha value is -1.06. The van der Waals surface area contributed by atoms with Crippen LogP contribution in [0.4, 0.5) is 5.69 Å². The second kappa shape index (κ2) is 8.40. The molecule has 0 atom stereocenters. The van der Waals surface area contributed by atoms with Crippen molar-refractivity contribution in [2.45, 2.75) is 19.8 Å². The highest BCUT2D eigenvalue weighted by Crippen LogP contribution is 2.22. The fraction of sp³-hybridized carbons (Fsp3) is 0.667. The number of nitrogens with zero attached hydrogens (tertiary/aromatic N) is 3. The fourth-order valence-corrected chi connectivity index (χ4v) is 2.81. The van der Waals surface area contributed by atoms with Crippen molar-refractivity contribution in [2.24, 2.45) is 5.92 Å². The van der Waals surface area contributed by atoms with E-state index < -0.39 is 0 Å². The second-order valence-corrected chi connectivity index (χ2v) is 6.61. The number of rotatable bonds is 1. The average Bonchev–Trinajstić information content (AvgIpc) is 2.52. The number of likely N-dealkylation sites (N-methyl/N-ethyl adjacent to an activating group) is 2. The first-order valence-corrected chi connectivity index (χ1v) is 8.32. The van der Waals surface area contributed by atoms with Crippen molar-refractivity contribution in [1.29, 1.82) is 0 Å². The van der Waals surface area contributed by atoms with Crippen LogP contribution in [0.5, 0.6) is 0 Å². The Morgan fingerprint density at radius 1 is 0.762 bits per heavy atom. The van der Waals surface area contributed by atoms with Gasteiger partial charge in [-0.25, -0.2) is 0 Å². The summed E-state index contributed by atoms with van der Waals surface area (Å²) in [6.45, 7) is 9.73. The van der Waals surface area contributed by atoms with Gasteiger partial charge in [-0.3, -0.25) is 0 Å². The maximum absolute atomic E-state index is 2.49. The highest BCUT2D eigenvalue weighted by Gasteiger charge is 2.15. The van der Waals surface area contributed by atoms with Gasteiger partial charge in [0.05, 0.1) is 0 Å². The number of benzene rings is 1. The van der Waals surface area contributed by atoms with E-state index in [1.165, 1.54) is 57.8 Å². The molecule has 0 amide bonds. The lowest BCUT2D eigenvalue weighted by molar-refractivity contribution is 0.181. The van der Waals surface area contributed by atoms with E-state index in [0.717, 1.165) is 5.92 Å². The van der Waals surface area contributed by atoms with Crippen LogP contribution in [0.15, 0.2) is 30.3 Å². The van der Waals surface area contributed by atoms with Crippen molar-refractivity contribution in [3.63, 3.8) is 0 Å². The van der Waals surface area contributed by atoms with Gasteiger partial charge >= 0.3 is 0 Å². The number of anilines is 1. The van der Waals surface area contributed by atoms with Crippen molar-refractivity contribution in [1.82, 2.24) is 9.80 Å². The quantitative estimate of drug-likeness (QED) is 0.787. The SMILES string of the molecule is CC1CCN(c2ccccc2)CC1.CN1CCN(C)CC1. The number of hydrogen-bond acceptors (Lipinski definition) is 3. The molecule has 0 spiro atoms. The first kappa shape index (κ1) is 16.3. The maximum atomic E-state index is 2.49. The zero-order valence-corrected chi connectivity index (χ0v) is 14.0. The summed E-state index contributed by atoms with van der Waals surface area (Å²) in [5.41, 5.74) is 1.38. The maximum Gasteiger partial charge on any atom is 0.0366 e. The molecule has 0 aliphatic carbocycles. The van der Waals surface area contributed by atoms with Gasteiger partial charge in [0, 0.05) is 45.0 Å². The summed E-state index contributed by atoms with van der Waals surface area (Å²) in [4.78, 5) is 7.21. The molecule has 2 aliphatic rings. The van der Waals surface area contributed by atoms with E-state index in [1.54, 1.807) is 0 Å². The van der Waals surface area contributed by atoms with Gasteiger partial charge in [-0.2, -0.15) is 0 Å². The lowest BCUT2D eigenvalue weighted by atomic mass is 9.99. The number of piperidine rings is 1. The molecule has 0 bridgehead atoms. The van der Waals surface area contributed by atoms with Crippen LogP contribution in [0.25, 0.3) is 0 Å². The van der Waals surface area contributed by atoms with Gasteiger partial charge in [0.15, 0.2) is 0 Å². The first-order chi connectivity index (χ1) is 10.1. The van der Waals surface area contributed by atoms with E-state index in [2.05, 4.69) is 66.1 Å². The van der Waals surface area contributed by atoms with E-state index in [0.29, 0.717) is 0 Å². The Balaban J connectivity index is 0.000000173. The summed E-state index contributed by atoms with van der Waals surface area (Å²) in [5, 5.41) is 0. The molecule has 2 aliphatic heterocycles. The number of hydrogen-bond donors (Lipinski definition) is 0. The lowest BCUT2D eigenvalue weighted by Crippen LogP contribution is -2.42. The summed E-state index contributed by atoms with van der Waals surface area (Å²) in [6, 6.07) is 10.7. The standard InChI is InChI=1S/C12H17N.C6H14N2/c1-11-7-9-13(10-8-11)12-5-3-2-4-6-12;1-7-3-5-8(2)6-4-7/h2-6,11H,7-10H2,1H3;3-6H2,1-2H3. The van der Waals surface area contributed by atoms with Gasteiger partial charge < -0.3 is 14.7 Å². The molecule has 1 aromatic rings. The molecule has 0 unspecified atom stereocenters. The molecule has 0 aromatic heterocycles. The smallest absolute Gasteiger partial charge is 0.0366 e. The third kappa shape index (κ3) is 5.68. The summed E-state index contributed by atoms with van der Waals surface area (Å²) in [7, 11) is 4.35. The number of para-hydroxylation sites is 1. The van der Waals surface area contributed by atoms with Crippen LogP contribution in [0, 0.1) is 5.92 Å². The normalized spacial score (nSPS) is 21.8. The Labute approximate surface area is 130 Å². The average molecular weight is 289 g/mol. The van der Waals surface area contributed by atoms with Crippen molar-refractivity contribution in [3.05, 3.63) is 30.3 Å². The van der Waals surface area contributed by atoms with E-state index >= 15 is 0 Å². The zero-order valence-electron chi connectivity index (χ0n) is 14.0. The van der Waals surface area contributed by atoms with E-state index in [-0.39, 0.29) is 0 Å². The molecule has 21 heavy (non-hydrogen) atoms. The third-order valence-corrected chi connectivity index (χ3v) is 4.63. The molecule has 0 radical (unpaired) electrons. The van der Waals surface area contributed by atoms with Crippen LogP contribution in [-0.4, -0.2) is 63.2 Å². The monoisotopic (exact) mass is 289 g/mol. The molecule has 118 valence electrons. The van der Waals surface area contributed by atoms with Crippen LogP contribution < -0.4 is 4.90 Å². The molecule has 3 rings (SSSR count). The summed E-state index contributed by atoms with van der Waals surface area (Å²) in [5.74, 6) is 0.917. The Morgan fingerprint density at radius 3 is 1.71 bits per heavy atom. The summed E-state index contributed by atoms with van der Waals surface area (Å²) in [6.07, 6.45) is 2.68. The lowest BCUT2D eigenvalue weighted by Gasteiger charge is -2.32. The minimum atomic E-state index is 0.917. The predicted molar refractivity (Wildman–Crippen MR) is 92.0 cm³/mol. The van der Waals surface area contributed by atoms with Crippen molar-refractivity contribution in [3.8, 4) is 0 Å². The molecule has 3 nitrogen and oxygen atoms in total. The molecule has 3 heteroatoms. The fourth-order valence-electron chi connectivity index (χ4n) is 2.81. The molecule has 1 aromatic carbocycles. The van der Waals surface area contributed by atoms with Crippen LogP contribution in [0.2, 0.25) is 0 Å². The Morgan fingerprint density at radius 2 is 1.24 bits per heavy atom. The number of piperazine rings is 1. The van der Waals surface area contributed by atoms with Gasteiger partial charge in [0.1, 0.15) is 0 Å². The van der Waals surface area contributed by atoms with Crippen LogP contribution in [0.3, 0.4) is 0 Å². The van der Waals surface area contributed by atoms with Crippen LogP contribution in [-0.2, 0) is 0 Å². The molecular weight excluding hydrogens is 258 g/mol. The molecular formula is C18H31N3. The molecule has 0 saturated carbocycles. The largest absolute Gasteiger partial charge is 0.372 e. The predicted octanol–water partition coefficient (Wildman–Crippen LogP) is 2.79. The first-order valence-electron chi connectivity index (χ1n) is 8.32. The minimum absolute atomic E-state index is 0.917. The summed E-state index contributed by atoms with van der Waals surface area (Å²) < 4.78 is 0. The third-order valence-electron chi connectivity index (χ3n) is 4.63. The van der Waals surface area contributed by atoms with Crippen molar-refractivity contribution in [2.75, 3.05) is 58.3 Å². The van der Waals surface area contributed by atoms with Gasteiger partial charge in [-0.05, 0) is 45.0 Å². The van der Waals surface area contributed by atoms with Crippen molar-refractivity contribution < 1.29 is 0 Å². The highest BCUT2D eigenvalue weighted by molar-refractivity contribution is 5.46. The molecule has 2 heterocycles. The Kier molecular flexibility index (Phi) is 6.52. The van der Waals surface area contributed by atoms with Crippen LogP contribution >= 0.6 is 0 Å². The second-order valence-electron chi connectivity index (χ2n) is 6.61. The van der Waals surface area contributed by atoms with Gasteiger partial charge in [0.25, 0.3) is 0 Å². The topological polar surface area (TPSA) is 9.72 Å². The molecule has 2 saturated heterocycles. The highest BCUT2D eigenvalue weighted by atomic mass is 15.2. The van der Waals surface area contributed by atoms with Gasteiger partial charge in [0.2, 0.25) is 0 Å². The van der Waals surface area contributed by atoms with Crippen molar-refractivity contribution >= 4 is 5.69 Å². The minimum Gasteiger partial charge on any atom is -0.372 e. The zero-order chi connectivity index (χ0) is 15.1. The molecule has 2 fully saturated rings. The van der Waals surface area contributed by atoms with E-state index in [9.17, 15) is 0 Å². The van der Waals surface area contributed by atoms with Gasteiger partial charge in [-0.1, -0.05) is 25.1 Å². The van der Waals surface area contributed by atoms with Crippen LogP contribution in [0.1, 0.15) is 19.8 Å².